The first-order valence-corrected chi connectivity index (χ1v) is 5.99. The first-order valence-electron chi connectivity index (χ1n) is 5.62. The van der Waals surface area contributed by atoms with Crippen LogP contribution in [0.15, 0.2) is 18.2 Å². The van der Waals surface area contributed by atoms with Gasteiger partial charge in [0.25, 0.3) is 5.91 Å². The number of nitrogens with one attached hydrogen (secondary N) is 1. The minimum atomic E-state index is -1.06. The zero-order valence-electron chi connectivity index (χ0n) is 10.2. The van der Waals surface area contributed by atoms with Crippen molar-refractivity contribution in [3.05, 3.63) is 29.0 Å². The molecule has 0 aliphatic rings. The first-order chi connectivity index (χ1) is 8.45. The molecule has 1 unspecified atom stereocenters. The third-order valence-electron chi connectivity index (χ3n) is 2.71. The molecule has 2 atom stereocenters. The van der Waals surface area contributed by atoms with E-state index >= 15 is 0 Å². The number of hydrogen-bond acceptors (Lipinski definition) is 3. The predicted octanol–water partition coefficient (Wildman–Crippen LogP) is 1.96. The van der Waals surface area contributed by atoms with Crippen LogP contribution in [-0.2, 0) is 4.79 Å². The third-order valence-corrected chi connectivity index (χ3v) is 2.92. The number of amides is 1. The van der Waals surface area contributed by atoms with Gasteiger partial charge < -0.3 is 10.4 Å². The maximum absolute atomic E-state index is 11.8. The van der Waals surface area contributed by atoms with Gasteiger partial charge in [-0.2, -0.15) is 0 Å². The Labute approximate surface area is 110 Å². The molecule has 0 bridgehead atoms. The van der Waals surface area contributed by atoms with Crippen LogP contribution >= 0.6 is 11.6 Å². The minimum absolute atomic E-state index is 0.108. The highest BCUT2D eigenvalue weighted by atomic mass is 35.5. The van der Waals surface area contributed by atoms with Crippen LogP contribution in [0.1, 0.15) is 30.8 Å². The summed E-state index contributed by atoms with van der Waals surface area (Å²) in [7, 11) is 0. The van der Waals surface area contributed by atoms with E-state index in [9.17, 15) is 9.59 Å². The highest BCUT2D eigenvalue weighted by Crippen LogP contribution is 2.10. The summed E-state index contributed by atoms with van der Waals surface area (Å²) in [6.45, 7) is 3.63. The lowest BCUT2D eigenvalue weighted by Crippen LogP contribution is -2.45. The fourth-order valence-corrected chi connectivity index (χ4v) is 1.60. The number of hydrogen-bond donors (Lipinski definition) is 2. The number of aliphatic carboxylic acids is 1. The molecular weight excluding hydrogens is 256 g/mol. The molecule has 0 saturated carbocycles. The van der Waals surface area contributed by atoms with Crippen molar-refractivity contribution in [2.24, 2.45) is 5.92 Å². The number of carbonyl (C=O) groups excluding carboxylic acids is 1. The van der Waals surface area contributed by atoms with Crippen molar-refractivity contribution >= 4 is 23.5 Å². The van der Waals surface area contributed by atoms with Crippen molar-refractivity contribution in [2.75, 3.05) is 0 Å². The molecule has 0 spiro atoms. The van der Waals surface area contributed by atoms with Crippen LogP contribution in [0.2, 0.25) is 5.15 Å². The lowest BCUT2D eigenvalue weighted by atomic mass is 9.99. The Balaban J connectivity index is 2.82. The van der Waals surface area contributed by atoms with Gasteiger partial charge in [0.2, 0.25) is 0 Å². The van der Waals surface area contributed by atoms with E-state index in [0.717, 1.165) is 0 Å². The van der Waals surface area contributed by atoms with Crippen molar-refractivity contribution in [3.63, 3.8) is 0 Å². The van der Waals surface area contributed by atoms with E-state index in [2.05, 4.69) is 10.3 Å². The first kappa shape index (κ1) is 14.4. The molecule has 1 heterocycles. The molecule has 0 aliphatic heterocycles. The van der Waals surface area contributed by atoms with Crippen LogP contribution in [0.3, 0.4) is 0 Å². The van der Waals surface area contributed by atoms with Gasteiger partial charge in [-0.25, -0.2) is 9.78 Å². The fraction of sp³-hybridized carbons (Fsp3) is 0.417. The summed E-state index contributed by atoms with van der Waals surface area (Å²) in [6.07, 6.45) is 0.653. The Morgan fingerprint density at radius 3 is 2.67 bits per heavy atom. The third kappa shape index (κ3) is 3.70. The van der Waals surface area contributed by atoms with E-state index in [-0.39, 0.29) is 16.8 Å². The zero-order valence-corrected chi connectivity index (χ0v) is 10.9. The highest BCUT2D eigenvalue weighted by Gasteiger charge is 2.26. The number of nitrogens with zero attached hydrogens (tertiary/aromatic N) is 1. The Morgan fingerprint density at radius 2 is 2.17 bits per heavy atom. The smallest absolute Gasteiger partial charge is 0.326 e. The van der Waals surface area contributed by atoms with Gasteiger partial charge in [0.15, 0.2) is 0 Å². The fourth-order valence-electron chi connectivity index (χ4n) is 1.43. The van der Waals surface area contributed by atoms with Crippen LogP contribution in [0.4, 0.5) is 0 Å². The second kappa shape index (κ2) is 6.35. The van der Waals surface area contributed by atoms with E-state index in [1.165, 1.54) is 6.07 Å². The van der Waals surface area contributed by atoms with Crippen LogP contribution in [-0.4, -0.2) is 28.0 Å². The lowest BCUT2D eigenvalue weighted by molar-refractivity contribution is -0.140. The molecule has 6 heteroatoms. The maximum atomic E-state index is 11.8. The van der Waals surface area contributed by atoms with Gasteiger partial charge in [0.1, 0.15) is 16.9 Å². The number of carboxylic acids is 1. The molecule has 0 saturated heterocycles. The Kier molecular flexibility index (Phi) is 5.09. The lowest BCUT2D eigenvalue weighted by Gasteiger charge is -2.19. The summed E-state index contributed by atoms with van der Waals surface area (Å²) in [4.78, 5) is 26.7. The second-order valence-corrected chi connectivity index (χ2v) is 4.41. The molecule has 18 heavy (non-hydrogen) atoms. The topological polar surface area (TPSA) is 79.3 Å². The zero-order chi connectivity index (χ0) is 13.7. The number of carbonyl (C=O) groups is 2. The van der Waals surface area contributed by atoms with Crippen molar-refractivity contribution in [1.82, 2.24) is 10.3 Å². The van der Waals surface area contributed by atoms with E-state index < -0.39 is 17.9 Å². The molecule has 0 aliphatic carbocycles. The maximum Gasteiger partial charge on any atom is 0.326 e. The molecule has 2 N–H and O–H groups in total. The van der Waals surface area contributed by atoms with E-state index in [0.29, 0.717) is 6.42 Å². The van der Waals surface area contributed by atoms with Crippen molar-refractivity contribution in [1.29, 1.82) is 0 Å². The monoisotopic (exact) mass is 270 g/mol. The van der Waals surface area contributed by atoms with E-state index in [1.54, 1.807) is 19.1 Å². The van der Waals surface area contributed by atoms with Gasteiger partial charge >= 0.3 is 5.97 Å². The quantitative estimate of drug-likeness (QED) is 0.802. The summed E-state index contributed by atoms with van der Waals surface area (Å²) < 4.78 is 0. The average Bonchev–Trinajstić information content (AvgIpc) is 2.34. The molecular formula is C12H15ClN2O3. The molecule has 0 fully saturated rings. The Bertz CT molecular complexity index is 451. The summed E-state index contributed by atoms with van der Waals surface area (Å²) in [5, 5.41) is 11.7. The van der Waals surface area contributed by atoms with Crippen LogP contribution in [0.5, 0.6) is 0 Å². The van der Waals surface area contributed by atoms with Crippen molar-refractivity contribution in [2.45, 2.75) is 26.3 Å². The molecule has 1 rings (SSSR count). The van der Waals surface area contributed by atoms with Crippen molar-refractivity contribution in [3.8, 4) is 0 Å². The summed E-state index contributed by atoms with van der Waals surface area (Å²) >= 11 is 5.67. The molecule has 1 aromatic rings. The Hall–Kier alpha value is -1.62. The number of halogens is 1. The van der Waals surface area contributed by atoms with Crippen LogP contribution in [0, 0.1) is 5.92 Å². The van der Waals surface area contributed by atoms with E-state index in [4.69, 9.17) is 16.7 Å². The minimum Gasteiger partial charge on any atom is -0.480 e. The number of rotatable bonds is 5. The number of aromatic nitrogens is 1. The molecule has 98 valence electrons. The normalized spacial score (nSPS) is 13.7. The Morgan fingerprint density at radius 1 is 1.50 bits per heavy atom. The largest absolute Gasteiger partial charge is 0.480 e. The van der Waals surface area contributed by atoms with Crippen LogP contribution < -0.4 is 5.32 Å². The molecule has 1 aromatic heterocycles. The van der Waals surface area contributed by atoms with Crippen molar-refractivity contribution < 1.29 is 14.7 Å². The van der Waals surface area contributed by atoms with Gasteiger partial charge in [-0.3, -0.25) is 4.79 Å². The number of carboxylic acid groups (broad SMARTS) is 1. The van der Waals surface area contributed by atoms with Gasteiger partial charge in [-0.15, -0.1) is 0 Å². The van der Waals surface area contributed by atoms with Gasteiger partial charge in [-0.05, 0) is 18.1 Å². The summed E-state index contributed by atoms with van der Waals surface area (Å²) in [5.74, 6) is -1.75. The standard InChI is InChI=1S/C12H15ClN2O3/c1-3-7(2)10(12(17)18)15-11(16)8-5-4-6-9(13)14-8/h4-7,10H,3H2,1-2H3,(H,15,16)(H,17,18)/t7?,10-/m0/s1. The molecule has 0 aromatic carbocycles. The SMILES string of the molecule is CCC(C)[C@H](NC(=O)c1cccc(Cl)n1)C(=O)O. The number of pyridine rings is 1. The molecule has 1 amide bonds. The molecule has 5 nitrogen and oxygen atoms in total. The van der Waals surface area contributed by atoms with E-state index in [1.807, 2.05) is 6.92 Å². The van der Waals surface area contributed by atoms with Gasteiger partial charge in [0, 0.05) is 0 Å². The second-order valence-electron chi connectivity index (χ2n) is 4.02. The summed E-state index contributed by atoms with van der Waals surface area (Å²) in [6, 6.07) is 3.69. The molecule has 0 radical (unpaired) electrons. The highest BCUT2D eigenvalue weighted by molar-refractivity contribution is 6.29. The van der Waals surface area contributed by atoms with Gasteiger partial charge in [0.05, 0.1) is 0 Å². The predicted molar refractivity (Wildman–Crippen MR) is 67.6 cm³/mol. The van der Waals surface area contributed by atoms with Gasteiger partial charge in [-0.1, -0.05) is 37.9 Å². The summed E-state index contributed by atoms with van der Waals surface area (Å²) in [5.41, 5.74) is 0.108. The average molecular weight is 271 g/mol. The van der Waals surface area contributed by atoms with Crippen LogP contribution in [0.25, 0.3) is 0 Å².